The number of rotatable bonds is 3. The molecule has 1 fully saturated rings. The summed E-state index contributed by atoms with van der Waals surface area (Å²) in [6, 6.07) is 8.05. The first-order chi connectivity index (χ1) is 11.3. The number of aromatic nitrogens is 2. The lowest BCUT2D eigenvalue weighted by atomic mass is 9.90. The van der Waals surface area contributed by atoms with Crippen LogP contribution < -0.4 is 5.32 Å². The molecule has 23 heavy (non-hydrogen) atoms. The monoisotopic (exact) mass is 306 g/mol. The van der Waals surface area contributed by atoms with Gasteiger partial charge in [-0.2, -0.15) is 10.4 Å². The summed E-state index contributed by atoms with van der Waals surface area (Å²) < 4.78 is 0. The highest BCUT2D eigenvalue weighted by Crippen LogP contribution is 2.41. The molecule has 0 unspecified atom stereocenters. The zero-order valence-electron chi connectivity index (χ0n) is 12.9. The maximum Gasteiger partial charge on any atom is 0.256 e. The summed E-state index contributed by atoms with van der Waals surface area (Å²) in [5, 5.41) is 19.2. The lowest BCUT2D eigenvalue weighted by molar-refractivity contribution is 0.102. The minimum Gasteiger partial charge on any atom is -0.304 e. The van der Waals surface area contributed by atoms with Crippen LogP contribution in [0.25, 0.3) is 0 Å². The van der Waals surface area contributed by atoms with E-state index in [9.17, 15) is 10.1 Å². The topological polar surface area (TPSA) is 81.6 Å². The third kappa shape index (κ3) is 2.61. The normalized spacial score (nSPS) is 16.5. The van der Waals surface area contributed by atoms with Crippen LogP contribution in [0.5, 0.6) is 0 Å². The Morgan fingerprint density at radius 1 is 1.26 bits per heavy atom. The second-order valence-electron chi connectivity index (χ2n) is 6.39. The molecule has 1 heterocycles. The zero-order chi connectivity index (χ0) is 15.8. The Hall–Kier alpha value is -2.61. The summed E-state index contributed by atoms with van der Waals surface area (Å²) in [6.45, 7) is 0. The molecule has 0 atom stereocenters. The van der Waals surface area contributed by atoms with Crippen molar-refractivity contribution in [2.45, 2.75) is 44.4 Å². The number of carbonyl (C=O) groups is 1. The summed E-state index contributed by atoms with van der Waals surface area (Å²) in [5.41, 5.74) is 4.57. The van der Waals surface area contributed by atoms with Crippen molar-refractivity contribution >= 4 is 11.7 Å². The van der Waals surface area contributed by atoms with E-state index in [2.05, 4.69) is 27.6 Å². The van der Waals surface area contributed by atoms with E-state index in [1.54, 1.807) is 0 Å². The first kappa shape index (κ1) is 14.0. The second-order valence-corrected chi connectivity index (χ2v) is 6.39. The van der Waals surface area contributed by atoms with Gasteiger partial charge in [0.05, 0.1) is 5.69 Å². The minimum absolute atomic E-state index is 0.205. The van der Waals surface area contributed by atoms with E-state index in [1.165, 1.54) is 24.0 Å². The Kier molecular flexibility index (Phi) is 3.38. The van der Waals surface area contributed by atoms with Gasteiger partial charge < -0.3 is 5.32 Å². The number of benzene rings is 1. The van der Waals surface area contributed by atoms with Crippen molar-refractivity contribution in [1.29, 1.82) is 5.26 Å². The Balaban J connectivity index is 1.57. The summed E-state index contributed by atoms with van der Waals surface area (Å²) >= 11 is 0. The first-order valence-electron chi connectivity index (χ1n) is 8.18. The van der Waals surface area contributed by atoms with Gasteiger partial charge in [0, 0.05) is 11.5 Å². The average Bonchev–Trinajstić information content (AvgIpc) is 3.35. The molecule has 116 valence electrons. The van der Waals surface area contributed by atoms with Gasteiger partial charge in [-0.15, -0.1) is 0 Å². The van der Waals surface area contributed by atoms with E-state index in [0.29, 0.717) is 22.9 Å². The van der Waals surface area contributed by atoms with Crippen LogP contribution in [0.15, 0.2) is 18.2 Å². The molecule has 0 spiro atoms. The number of hydrogen-bond acceptors (Lipinski definition) is 3. The third-order valence-corrected chi connectivity index (χ3v) is 4.73. The molecule has 4 rings (SSSR count). The fourth-order valence-corrected chi connectivity index (χ4v) is 3.28. The highest BCUT2D eigenvalue weighted by molar-refractivity contribution is 6.04. The number of amides is 1. The molecule has 1 aromatic heterocycles. The zero-order valence-corrected chi connectivity index (χ0v) is 12.9. The fraction of sp³-hybridized carbons (Fsp3) is 0.389. The van der Waals surface area contributed by atoms with Gasteiger partial charge in [-0.3, -0.25) is 9.89 Å². The average molecular weight is 306 g/mol. The van der Waals surface area contributed by atoms with Crippen molar-refractivity contribution in [3.05, 3.63) is 46.1 Å². The summed E-state index contributed by atoms with van der Waals surface area (Å²) in [5.74, 6) is 0.535. The Morgan fingerprint density at radius 2 is 2.04 bits per heavy atom. The van der Waals surface area contributed by atoms with Crippen LogP contribution >= 0.6 is 0 Å². The SMILES string of the molecule is N#Cc1c(NC(=O)c2ccc3c(c2)CCCC3)n[nH]c1C1CC1. The van der Waals surface area contributed by atoms with Gasteiger partial charge in [0.1, 0.15) is 11.6 Å². The quantitative estimate of drug-likeness (QED) is 0.913. The Bertz CT molecular complexity index is 811. The van der Waals surface area contributed by atoms with Gasteiger partial charge >= 0.3 is 0 Å². The van der Waals surface area contributed by atoms with Crippen molar-refractivity contribution < 1.29 is 4.79 Å². The van der Waals surface area contributed by atoms with Crippen LogP contribution in [0, 0.1) is 11.3 Å². The van der Waals surface area contributed by atoms with E-state index in [1.807, 2.05) is 12.1 Å². The minimum atomic E-state index is -0.205. The molecule has 1 saturated carbocycles. The predicted molar refractivity (Wildman–Crippen MR) is 86.3 cm³/mol. The lowest BCUT2D eigenvalue weighted by Gasteiger charge is -2.16. The molecular weight excluding hydrogens is 288 g/mol. The molecule has 0 radical (unpaired) electrons. The van der Waals surface area contributed by atoms with Crippen molar-refractivity contribution in [1.82, 2.24) is 10.2 Å². The summed E-state index contributed by atoms with van der Waals surface area (Å²) in [4.78, 5) is 12.5. The molecule has 2 N–H and O–H groups in total. The fourth-order valence-electron chi connectivity index (χ4n) is 3.28. The predicted octanol–water partition coefficient (Wildman–Crippen LogP) is 3.29. The van der Waals surface area contributed by atoms with Gasteiger partial charge in [0.2, 0.25) is 0 Å². The smallest absolute Gasteiger partial charge is 0.256 e. The van der Waals surface area contributed by atoms with Gasteiger partial charge in [0.25, 0.3) is 5.91 Å². The number of carbonyl (C=O) groups excluding carboxylic acids is 1. The summed E-state index contributed by atoms with van der Waals surface area (Å²) in [6.07, 6.45) is 6.69. The number of fused-ring (bicyclic) bond motifs is 1. The van der Waals surface area contributed by atoms with Crippen LogP contribution in [0.1, 0.15) is 64.3 Å². The third-order valence-electron chi connectivity index (χ3n) is 4.73. The van der Waals surface area contributed by atoms with Gasteiger partial charge in [-0.05, 0) is 61.8 Å². The number of nitriles is 1. The highest BCUT2D eigenvalue weighted by Gasteiger charge is 2.30. The highest BCUT2D eigenvalue weighted by atomic mass is 16.1. The molecule has 2 aliphatic rings. The molecule has 0 aliphatic heterocycles. The number of nitrogens with one attached hydrogen (secondary N) is 2. The van der Waals surface area contributed by atoms with E-state index in [0.717, 1.165) is 31.4 Å². The van der Waals surface area contributed by atoms with Gasteiger partial charge in [-0.1, -0.05) is 6.07 Å². The molecule has 0 bridgehead atoms. The molecule has 5 heteroatoms. The van der Waals surface area contributed by atoms with Crippen molar-refractivity contribution in [3.8, 4) is 6.07 Å². The number of H-pyrrole nitrogens is 1. The number of aromatic amines is 1. The van der Waals surface area contributed by atoms with Crippen LogP contribution in [-0.4, -0.2) is 16.1 Å². The number of hydrogen-bond donors (Lipinski definition) is 2. The van der Waals surface area contributed by atoms with Crippen LogP contribution in [-0.2, 0) is 12.8 Å². The van der Waals surface area contributed by atoms with Crippen molar-refractivity contribution in [2.24, 2.45) is 0 Å². The van der Waals surface area contributed by atoms with Crippen LogP contribution in [0.2, 0.25) is 0 Å². The Labute approximate surface area is 134 Å². The molecule has 5 nitrogen and oxygen atoms in total. The van der Waals surface area contributed by atoms with E-state index < -0.39 is 0 Å². The molecule has 2 aliphatic carbocycles. The largest absolute Gasteiger partial charge is 0.304 e. The van der Waals surface area contributed by atoms with E-state index >= 15 is 0 Å². The van der Waals surface area contributed by atoms with E-state index in [4.69, 9.17) is 0 Å². The first-order valence-corrected chi connectivity index (χ1v) is 8.18. The van der Waals surface area contributed by atoms with Crippen LogP contribution in [0.4, 0.5) is 5.82 Å². The number of anilines is 1. The van der Waals surface area contributed by atoms with Gasteiger partial charge in [-0.25, -0.2) is 0 Å². The van der Waals surface area contributed by atoms with E-state index in [-0.39, 0.29) is 5.91 Å². The van der Waals surface area contributed by atoms with Gasteiger partial charge in [0.15, 0.2) is 5.82 Å². The molecule has 0 saturated heterocycles. The molecule has 2 aromatic rings. The second kappa shape index (κ2) is 5.54. The van der Waals surface area contributed by atoms with Crippen LogP contribution in [0.3, 0.4) is 0 Å². The number of nitrogens with zero attached hydrogens (tertiary/aromatic N) is 2. The standard InChI is InChI=1S/C18H18N4O/c19-10-15-16(12-6-7-12)21-22-17(15)20-18(23)14-8-5-11-3-1-2-4-13(11)9-14/h5,8-9,12H,1-4,6-7H2,(H2,20,21,22,23). The molecule has 1 aromatic carbocycles. The van der Waals surface area contributed by atoms with Crippen molar-refractivity contribution in [3.63, 3.8) is 0 Å². The maximum atomic E-state index is 12.5. The maximum absolute atomic E-state index is 12.5. The lowest BCUT2D eigenvalue weighted by Crippen LogP contribution is -2.14. The Morgan fingerprint density at radius 3 is 2.78 bits per heavy atom. The van der Waals surface area contributed by atoms with Crippen molar-refractivity contribution in [2.75, 3.05) is 5.32 Å². The molecular formula is C18H18N4O. The summed E-state index contributed by atoms with van der Waals surface area (Å²) in [7, 11) is 0. The molecule has 1 amide bonds. The number of aryl methyl sites for hydroxylation is 2.